The Hall–Kier alpha value is -3.46. The van der Waals surface area contributed by atoms with Crippen LogP contribution in [0.1, 0.15) is 30.8 Å². The van der Waals surface area contributed by atoms with Gasteiger partial charge in [0, 0.05) is 29.2 Å². The van der Waals surface area contributed by atoms with Crippen molar-refractivity contribution in [2.24, 2.45) is 5.92 Å². The maximum atomic E-state index is 14.6. The average Bonchev–Trinajstić information content (AvgIpc) is 2.83. The molecule has 1 N–H and O–H groups in total. The van der Waals surface area contributed by atoms with Gasteiger partial charge in [-0.05, 0) is 56.2 Å². The fraction of sp³-hybridized carbons (Fsp3) is 0.333. The lowest BCUT2D eigenvalue weighted by Crippen LogP contribution is -2.50. The Bertz CT molecular complexity index is 1180. The highest BCUT2D eigenvalue weighted by Gasteiger charge is 2.33. The summed E-state index contributed by atoms with van der Waals surface area (Å²) in [5.41, 5.74) is 2.52. The van der Waals surface area contributed by atoms with Crippen molar-refractivity contribution in [3.8, 4) is 5.75 Å². The third-order valence-electron chi connectivity index (χ3n) is 5.50. The number of benzene rings is 2. The van der Waals surface area contributed by atoms with E-state index in [0.717, 1.165) is 11.4 Å². The number of nitrogens with one attached hydrogen (secondary N) is 1. The van der Waals surface area contributed by atoms with Gasteiger partial charge in [0.15, 0.2) is 5.16 Å². The van der Waals surface area contributed by atoms with Crippen LogP contribution < -0.4 is 10.1 Å². The van der Waals surface area contributed by atoms with E-state index >= 15 is 0 Å². The molecule has 1 aromatic heterocycles. The molecular weight excluding hydrogens is 479 g/mol. The standard InChI is InChI=1S/C27H31FN4O3S/c1-17(2)25(26(34)31-21-10-12-22(35-5)13-11-21)32(15-20-8-6-7-9-23(20)28)24(33)16-36-27-29-18(3)14-19(4)30-27/h6-14,17,25H,15-16H2,1-5H3,(H,31,34). The summed E-state index contributed by atoms with van der Waals surface area (Å²) in [7, 11) is 1.57. The fourth-order valence-electron chi connectivity index (χ4n) is 3.81. The second kappa shape index (κ2) is 12.5. The van der Waals surface area contributed by atoms with E-state index in [1.807, 2.05) is 33.8 Å². The van der Waals surface area contributed by atoms with E-state index in [2.05, 4.69) is 15.3 Å². The molecule has 1 unspecified atom stereocenters. The minimum atomic E-state index is -0.833. The van der Waals surface area contributed by atoms with Crippen molar-refractivity contribution in [2.45, 2.75) is 45.4 Å². The van der Waals surface area contributed by atoms with Gasteiger partial charge in [-0.25, -0.2) is 14.4 Å². The molecule has 3 aromatic rings. The first-order valence-electron chi connectivity index (χ1n) is 11.6. The zero-order valence-electron chi connectivity index (χ0n) is 21.1. The largest absolute Gasteiger partial charge is 0.497 e. The van der Waals surface area contributed by atoms with Crippen LogP contribution >= 0.6 is 11.8 Å². The smallest absolute Gasteiger partial charge is 0.247 e. The minimum Gasteiger partial charge on any atom is -0.497 e. The quantitative estimate of drug-likeness (QED) is 0.304. The molecule has 190 valence electrons. The summed E-state index contributed by atoms with van der Waals surface area (Å²) >= 11 is 1.20. The maximum absolute atomic E-state index is 14.6. The molecule has 1 heterocycles. The molecule has 2 amide bonds. The van der Waals surface area contributed by atoms with Gasteiger partial charge in [0.1, 0.15) is 17.6 Å². The van der Waals surface area contributed by atoms with Crippen molar-refractivity contribution in [1.82, 2.24) is 14.9 Å². The number of thioether (sulfide) groups is 1. The molecule has 2 aromatic carbocycles. The molecule has 36 heavy (non-hydrogen) atoms. The average molecular weight is 511 g/mol. The first-order chi connectivity index (χ1) is 17.2. The van der Waals surface area contributed by atoms with Gasteiger partial charge >= 0.3 is 0 Å². The van der Waals surface area contributed by atoms with Crippen LogP contribution in [0.2, 0.25) is 0 Å². The van der Waals surface area contributed by atoms with E-state index in [-0.39, 0.29) is 30.0 Å². The van der Waals surface area contributed by atoms with Gasteiger partial charge in [-0.15, -0.1) is 0 Å². The number of ether oxygens (including phenoxy) is 1. The van der Waals surface area contributed by atoms with Gasteiger partial charge in [0.2, 0.25) is 11.8 Å². The molecule has 0 spiro atoms. The number of carbonyl (C=O) groups excluding carboxylic acids is 2. The lowest BCUT2D eigenvalue weighted by atomic mass is 10.00. The molecule has 1 atom stereocenters. The minimum absolute atomic E-state index is 0.0103. The van der Waals surface area contributed by atoms with Crippen LogP contribution in [-0.2, 0) is 16.1 Å². The van der Waals surface area contributed by atoms with Crippen LogP contribution in [0.25, 0.3) is 0 Å². The lowest BCUT2D eigenvalue weighted by molar-refractivity contribution is -0.138. The summed E-state index contributed by atoms with van der Waals surface area (Å²) in [4.78, 5) is 37.2. The summed E-state index contributed by atoms with van der Waals surface area (Å²) in [6.07, 6.45) is 0. The zero-order valence-corrected chi connectivity index (χ0v) is 21.9. The molecule has 0 radical (unpaired) electrons. The number of halogens is 1. The molecule has 0 bridgehead atoms. The molecule has 0 aliphatic rings. The second-order valence-corrected chi connectivity index (χ2v) is 9.68. The number of amides is 2. The number of hydrogen-bond donors (Lipinski definition) is 1. The summed E-state index contributed by atoms with van der Waals surface area (Å²) in [5.74, 6) is -0.659. The summed E-state index contributed by atoms with van der Waals surface area (Å²) in [6.45, 7) is 7.41. The Labute approximate surface area is 215 Å². The van der Waals surface area contributed by atoms with Crippen molar-refractivity contribution < 1.29 is 18.7 Å². The third-order valence-corrected chi connectivity index (χ3v) is 6.33. The Morgan fingerprint density at radius 2 is 1.69 bits per heavy atom. The van der Waals surface area contributed by atoms with Gasteiger partial charge in [-0.1, -0.05) is 43.8 Å². The van der Waals surface area contributed by atoms with Crippen LogP contribution in [0.3, 0.4) is 0 Å². The molecule has 0 fully saturated rings. The van der Waals surface area contributed by atoms with E-state index in [1.54, 1.807) is 49.6 Å². The molecule has 7 nitrogen and oxygen atoms in total. The first kappa shape index (κ1) is 27.1. The monoisotopic (exact) mass is 510 g/mol. The Balaban J connectivity index is 1.87. The summed E-state index contributed by atoms with van der Waals surface area (Å²) in [6, 6.07) is 14.2. The number of nitrogens with zero attached hydrogens (tertiary/aromatic N) is 3. The number of aromatic nitrogens is 2. The SMILES string of the molecule is COc1ccc(NC(=O)C(C(C)C)N(Cc2ccccc2F)C(=O)CSc2nc(C)cc(C)n2)cc1. The van der Waals surface area contributed by atoms with E-state index in [1.165, 1.54) is 22.7 Å². The predicted octanol–water partition coefficient (Wildman–Crippen LogP) is 5.03. The van der Waals surface area contributed by atoms with E-state index in [9.17, 15) is 14.0 Å². The number of rotatable bonds is 10. The molecular formula is C27H31FN4O3S. The Morgan fingerprint density at radius 3 is 2.28 bits per heavy atom. The molecule has 9 heteroatoms. The van der Waals surface area contributed by atoms with Gasteiger partial charge in [-0.2, -0.15) is 0 Å². The Morgan fingerprint density at radius 1 is 1.06 bits per heavy atom. The third kappa shape index (κ3) is 7.27. The van der Waals surface area contributed by atoms with Crippen LogP contribution in [0.5, 0.6) is 5.75 Å². The van der Waals surface area contributed by atoms with Gasteiger partial charge in [0.05, 0.1) is 12.9 Å². The van der Waals surface area contributed by atoms with Gasteiger partial charge < -0.3 is 15.0 Å². The number of methoxy groups -OCH3 is 1. The number of anilines is 1. The summed E-state index contributed by atoms with van der Waals surface area (Å²) in [5, 5.41) is 3.37. The highest BCUT2D eigenvalue weighted by Crippen LogP contribution is 2.23. The first-order valence-corrected chi connectivity index (χ1v) is 12.6. The van der Waals surface area contributed by atoms with Crippen LogP contribution in [0.4, 0.5) is 10.1 Å². The molecule has 3 rings (SSSR count). The van der Waals surface area contributed by atoms with Crippen molar-refractivity contribution >= 4 is 29.3 Å². The van der Waals surface area contributed by atoms with Crippen LogP contribution in [0.15, 0.2) is 59.8 Å². The fourth-order valence-corrected chi connectivity index (χ4v) is 4.65. The highest BCUT2D eigenvalue weighted by molar-refractivity contribution is 7.99. The molecule has 0 saturated carbocycles. The van der Waals surface area contributed by atoms with Gasteiger partial charge in [0.25, 0.3) is 0 Å². The zero-order chi connectivity index (χ0) is 26.2. The Kier molecular flexibility index (Phi) is 9.41. The van der Waals surface area contributed by atoms with Crippen molar-refractivity contribution in [1.29, 1.82) is 0 Å². The summed E-state index contributed by atoms with van der Waals surface area (Å²) < 4.78 is 19.7. The lowest BCUT2D eigenvalue weighted by Gasteiger charge is -2.33. The van der Waals surface area contributed by atoms with E-state index in [0.29, 0.717) is 22.2 Å². The number of carbonyl (C=O) groups is 2. The predicted molar refractivity (Wildman–Crippen MR) is 139 cm³/mol. The topological polar surface area (TPSA) is 84.4 Å². The molecule has 0 aliphatic carbocycles. The number of aryl methyl sites for hydroxylation is 2. The normalized spacial score (nSPS) is 11.8. The van der Waals surface area contributed by atoms with E-state index in [4.69, 9.17) is 4.74 Å². The second-order valence-electron chi connectivity index (χ2n) is 8.74. The highest BCUT2D eigenvalue weighted by atomic mass is 32.2. The van der Waals surface area contributed by atoms with Crippen LogP contribution in [-0.4, -0.2) is 45.6 Å². The van der Waals surface area contributed by atoms with Crippen LogP contribution in [0, 0.1) is 25.6 Å². The van der Waals surface area contributed by atoms with Crippen molar-refractivity contribution in [3.05, 3.63) is 77.4 Å². The number of hydrogen-bond acceptors (Lipinski definition) is 6. The molecule has 0 saturated heterocycles. The van der Waals surface area contributed by atoms with E-state index < -0.39 is 11.9 Å². The maximum Gasteiger partial charge on any atom is 0.247 e. The van der Waals surface area contributed by atoms with Crippen molar-refractivity contribution in [3.63, 3.8) is 0 Å². The van der Waals surface area contributed by atoms with Gasteiger partial charge in [-0.3, -0.25) is 9.59 Å². The molecule has 0 aliphatic heterocycles. The van der Waals surface area contributed by atoms with Crippen molar-refractivity contribution in [2.75, 3.05) is 18.2 Å².